The Morgan fingerprint density at radius 2 is 2.10 bits per heavy atom. The van der Waals surface area contributed by atoms with Gasteiger partial charge in [0.15, 0.2) is 5.78 Å². The van der Waals surface area contributed by atoms with E-state index in [0.717, 1.165) is 12.1 Å². The minimum absolute atomic E-state index is 0.0876. The number of benzene rings is 2. The van der Waals surface area contributed by atoms with Crippen LogP contribution in [0.3, 0.4) is 0 Å². The number of rotatable bonds is 3. The van der Waals surface area contributed by atoms with Crippen LogP contribution < -0.4 is 10.1 Å². The van der Waals surface area contributed by atoms with Crippen molar-refractivity contribution in [2.75, 3.05) is 13.7 Å². The van der Waals surface area contributed by atoms with Gasteiger partial charge in [0.25, 0.3) is 0 Å². The third-order valence-corrected chi connectivity index (χ3v) is 4.16. The zero-order valence-electron chi connectivity index (χ0n) is 11.7. The van der Waals surface area contributed by atoms with Crippen LogP contribution in [0.4, 0.5) is 0 Å². The molecule has 1 N–H and O–H groups in total. The summed E-state index contributed by atoms with van der Waals surface area (Å²) in [6, 6.07) is 13.2. The van der Waals surface area contributed by atoms with Crippen LogP contribution >= 0.6 is 11.6 Å². The maximum absolute atomic E-state index is 12.8. The second-order valence-electron chi connectivity index (χ2n) is 5.10. The molecule has 108 valence electrons. The molecule has 3 rings (SSSR count). The topological polar surface area (TPSA) is 38.3 Å². The molecule has 21 heavy (non-hydrogen) atoms. The maximum Gasteiger partial charge on any atom is 0.171 e. The predicted octanol–water partition coefficient (Wildman–Crippen LogP) is 3.42. The molecular formula is C17H16ClNO2. The number of fused-ring (bicyclic) bond motifs is 1. The number of carbonyl (C=O) groups is 1. The van der Waals surface area contributed by atoms with Crippen LogP contribution in [-0.4, -0.2) is 19.4 Å². The Bertz CT molecular complexity index is 684. The Labute approximate surface area is 128 Å². The summed E-state index contributed by atoms with van der Waals surface area (Å²) in [5.74, 6) is 0.449. The molecule has 0 fully saturated rings. The first-order valence-electron chi connectivity index (χ1n) is 6.87. The normalized spacial score (nSPS) is 17.1. The van der Waals surface area contributed by atoms with E-state index in [4.69, 9.17) is 16.3 Å². The summed E-state index contributed by atoms with van der Waals surface area (Å²) in [5.41, 5.74) is 2.91. The highest BCUT2D eigenvalue weighted by Crippen LogP contribution is 2.30. The summed E-state index contributed by atoms with van der Waals surface area (Å²) in [5, 5.41) is 3.81. The largest absolute Gasteiger partial charge is 0.495 e. The summed E-state index contributed by atoms with van der Waals surface area (Å²) in [6.07, 6.45) is 0. The maximum atomic E-state index is 12.8. The monoisotopic (exact) mass is 301 g/mol. The molecule has 1 heterocycles. The summed E-state index contributed by atoms with van der Waals surface area (Å²) in [4.78, 5) is 12.8. The number of halogens is 1. The van der Waals surface area contributed by atoms with E-state index < -0.39 is 0 Å². The highest BCUT2D eigenvalue weighted by Gasteiger charge is 2.27. The number of Topliss-reactive ketones (excluding diaryl/α,β-unsaturated/α-hetero) is 1. The van der Waals surface area contributed by atoms with Gasteiger partial charge in [0.1, 0.15) is 5.75 Å². The summed E-state index contributed by atoms with van der Waals surface area (Å²) in [7, 11) is 1.55. The molecule has 4 heteroatoms. The van der Waals surface area contributed by atoms with Crippen LogP contribution in [0.2, 0.25) is 5.02 Å². The molecule has 3 nitrogen and oxygen atoms in total. The molecule has 0 spiro atoms. The second kappa shape index (κ2) is 5.88. The molecule has 0 aromatic heterocycles. The fourth-order valence-electron chi connectivity index (χ4n) is 2.74. The number of nitrogens with one attached hydrogen (secondary N) is 1. The number of hydrogen-bond acceptors (Lipinski definition) is 3. The lowest BCUT2D eigenvalue weighted by atomic mass is 9.85. The smallest absolute Gasteiger partial charge is 0.171 e. The Morgan fingerprint density at radius 1 is 1.29 bits per heavy atom. The predicted molar refractivity (Wildman–Crippen MR) is 83.2 cm³/mol. The fraction of sp³-hybridized carbons (Fsp3) is 0.235. The van der Waals surface area contributed by atoms with Crippen molar-refractivity contribution < 1.29 is 9.53 Å². The third kappa shape index (κ3) is 2.67. The summed E-state index contributed by atoms with van der Waals surface area (Å²) in [6.45, 7) is 1.46. The molecule has 2 aromatic rings. The van der Waals surface area contributed by atoms with Crippen LogP contribution in [0.1, 0.15) is 27.4 Å². The first-order chi connectivity index (χ1) is 10.2. The summed E-state index contributed by atoms with van der Waals surface area (Å²) < 4.78 is 5.19. The molecule has 2 aromatic carbocycles. The van der Waals surface area contributed by atoms with Crippen molar-refractivity contribution in [2.24, 2.45) is 0 Å². The first-order valence-corrected chi connectivity index (χ1v) is 7.25. The summed E-state index contributed by atoms with van der Waals surface area (Å²) >= 11 is 6.02. The Balaban J connectivity index is 1.96. The quantitative estimate of drug-likeness (QED) is 0.883. The van der Waals surface area contributed by atoms with Crippen LogP contribution in [0.25, 0.3) is 0 Å². The van der Waals surface area contributed by atoms with Gasteiger partial charge in [0.2, 0.25) is 0 Å². The second-order valence-corrected chi connectivity index (χ2v) is 5.50. The van der Waals surface area contributed by atoms with Gasteiger partial charge in [-0.25, -0.2) is 0 Å². The highest BCUT2D eigenvalue weighted by atomic mass is 35.5. The Hall–Kier alpha value is -1.84. The van der Waals surface area contributed by atoms with Gasteiger partial charge >= 0.3 is 0 Å². The standard InChI is InChI=1S/C17H16ClNO2/c1-21-16-8-11(6-7-15(16)18)17(20)14-10-19-9-12-4-2-3-5-13(12)14/h2-8,14,19H,9-10H2,1H3. The van der Waals surface area contributed by atoms with E-state index in [1.807, 2.05) is 18.2 Å². The molecule has 1 unspecified atom stereocenters. The van der Waals surface area contributed by atoms with Crippen LogP contribution in [0, 0.1) is 0 Å². The lowest BCUT2D eigenvalue weighted by Gasteiger charge is -2.25. The molecule has 0 saturated heterocycles. The van der Waals surface area contributed by atoms with Gasteiger partial charge < -0.3 is 10.1 Å². The van der Waals surface area contributed by atoms with Crippen LogP contribution in [0.15, 0.2) is 42.5 Å². The minimum Gasteiger partial charge on any atom is -0.495 e. The van der Waals surface area contributed by atoms with Crippen molar-refractivity contribution >= 4 is 17.4 Å². The van der Waals surface area contributed by atoms with Crippen molar-refractivity contribution in [3.63, 3.8) is 0 Å². The van der Waals surface area contributed by atoms with E-state index in [1.165, 1.54) is 5.56 Å². The van der Waals surface area contributed by atoms with Gasteiger partial charge in [0.05, 0.1) is 18.1 Å². The molecule has 0 radical (unpaired) electrons. The van der Waals surface area contributed by atoms with Crippen molar-refractivity contribution in [1.82, 2.24) is 5.32 Å². The molecule has 0 bridgehead atoms. The van der Waals surface area contributed by atoms with E-state index in [9.17, 15) is 4.79 Å². The fourth-order valence-corrected chi connectivity index (χ4v) is 2.94. The lowest BCUT2D eigenvalue weighted by molar-refractivity contribution is 0.0954. The molecule has 0 aliphatic carbocycles. The average molecular weight is 302 g/mol. The number of hydrogen-bond donors (Lipinski definition) is 1. The van der Waals surface area contributed by atoms with Gasteiger partial charge in [-0.1, -0.05) is 35.9 Å². The Morgan fingerprint density at radius 3 is 2.90 bits per heavy atom. The molecule has 0 saturated carbocycles. The number of ether oxygens (including phenoxy) is 1. The van der Waals surface area contributed by atoms with Gasteiger partial charge in [-0.2, -0.15) is 0 Å². The third-order valence-electron chi connectivity index (χ3n) is 3.85. The zero-order chi connectivity index (χ0) is 14.8. The highest BCUT2D eigenvalue weighted by molar-refractivity contribution is 6.32. The van der Waals surface area contributed by atoms with Gasteiger partial charge in [0, 0.05) is 18.7 Å². The van der Waals surface area contributed by atoms with Crippen LogP contribution in [-0.2, 0) is 6.54 Å². The molecule has 1 atom stereocenters. The molecular weight excluding hydrogens is 286 g/mol. The van der Waals surface area contributed by atoms with E-state index in [2.05, 4.69) is 11.4 Å². The van der Waals surface area contributed by atoms with Crippen molar-refractivity contribution in [3.8, 4) is 5.75 Å². The Kier molecular flexibility index (Phi) is 3.95. The molecule has 1 aliphatic heterocycles. The van der Waals surface area contributed by atoms with Gasteiger partial charge in [-0.3, -0.25) is 4.79 Å². The lowest BCUT2D eigenvalue weighted by Crippen LogP contribution is -2.32. The average Bonchev–Trinajstić information content (AvgIpc) is 2.54. The molecule has 0 amide bonds. The van der Waals surface area contributed by atoms with Crippen molar-refractivity contribution in [2.45, 2.75) is 12.5 Å². The van der Waals surface area contributed by atoms with Crippen molar-refractivity contribution in [1.29, 1.82) is 0 Å². The zero-order valence-corrected chi connectivity index (χ0v) is 12.5. The first kappa shape index (κ1) is 14.1. The van der Waals surface area contributed by atoms with Gasteiger partial charge in [-0.15, -0.1) is 0 Å². The SMILES string of the molecule is COc1cc(C(=O)C2CNCc3ccccc32)ccc1Cl. The number of ketones is 1. The van der Waals surface area contributed by atoms with E-state index in [0.29, 0.717) is 22.9 Å². The molecule has 1 aliphatic rings. The van der Waals surface area contributed by atoms with Crippen LogP contribution in [0.5, 0.6) is 5.75 Å². The van der Waals surface area contributed by atoms with Gasteiger partial charge in [-0.05, 0) is 29.3 Å². The number of carbonyl (C=O) groups excluding carboxylic acids is 1. The minimum atomic E-state index is -0.166. The van der Waals surface area contributed by atoms with E-state index in [1.54, 1.807) is 25.3 Å². The van der Waals surface area contributed by atoms with E-state index in [-0.39, 0.29) is 11.7 Å². The number of methoxy groups -OCH3 is 1. The van der Waals surface area contributed by atoms with Crippen molar-refractivity contribution in [3.05, 3.63) is 64.2 Å². The van der Waals surface area contributed by atoms with E-state index >= 15 is 0 Å².